The highest BCUT2D eigenvalue weighted by Crippen LogP contribution is 2.41. The summed E-state index contributed by atoms with van der Waals surface area (Å²) in [5.74, 6) is 0.341. The van der Waals surface area contributed by atoms with Crippen molar-refractivity contribution >= 4 is 11.6 Å². The minimum absolute atomic E-state index is 0.0114. The maximum Gasteiger partial charge on any atom is 0.416 e. The lowest BCUT2D eigenvalue weighted by molar-refractivity contribution is -0.138. The number of aliphatic hydroxyl groups is 1. The first-order valence-corrected chi connectivity index (χ1v) is 13.2. The van der Waals surface area contributed by atoms with E-state index in [-0.39, 0.29) is 42.3 Å². The van der Waals surface area contributed by atoms with Gasteiger partial charge < -0.3 is 24.0 Å². The van der Waals surface area contributed by atoms with E-state index in [2.05, 4.69) is 10.2 Å². The molecule has 4 heterocycles. The molecule has 0 aliphatic carbocycles. The maximum atomic E-state index is 14.2. The lowest BCUT2D eigenvalue weighted by Gasteiger charge is -2.42. The first-order valence-electron chi connectivity index (χ1n) is 13.2. The number of aryl methyl sites for hydroxylation is 1. The molecule has 0 radical (unpaired) electrons. The third-order valence-electron chi connectivity index (χ3n) is 8.07. The number of aromatic nitrogens is 3. The summed E-state index contributed by atoms with van der Waals surface area (Å²) in [5, 5.41) is 17.6. The number of benzene rings is 2. The SMILES string of the molecule is Cn1cnnc1CC1(c2cccc(N3Cc4c(cc(CN5CCO[C@H](CO)C5)cc4C(F)(F)F)C3=O)c2)COC1. The van der Waals surface area contributed by atoms with Crippen LogP contribution in [0.4, 0.5) is 18.9 Å². The van der Waals surface area contributed by atoms with Crippen LogP contribution >= 0.6 is 0 Å². The Balaban J connectivity index is 1.30. The predicted octanol–water partition coefficient (Wildman–Crippen LogP) is 2.70. The first kappa shape index (κ1) is 26.9. The van der Waals surface area contributed by atoms with Gasteiger partial charge in [0.05, 0.1) is 44.6 Å². The second-order valence-corrected chi connectivity index (χ2v) is 10.8. The molecule has 212 valence electrons. The predicted molar refractivity (Wildman–Crippen MR) is 138 cm³/mol. The van der Waals surface area contributed by atoms with Gasteiger partial charge in [0.1, 0.15) is 12.2 Å². The molecule has 2 fully saturated rings. The lowest BCUT2D eigenvalue weighted by Crippen LogP contribution is -2.49. The van der Waals surface area contributed by atoms with Crippen LogP contribution in [0.2, 0.25) is 0 Å². The number of nitrogens with zero attached hydrogens (tertiary/aromatic N) is 5. The summed E-state index contributed by atoms with van der Waals surface area (Å²) < 4.78 is 55.6. The second-order valence-electron chi connectivity index (χ2n) is 10.8. The Kier molecular flexibility index (Phi) is 6.89. The number of aliphatic hydroxyl groups excluding tert-OH is 1. The average molecular weight is 558 g/mol. The van der Waals surface area contributed by atoms with Gasteiger partial charge in [0.25, 0.3) is 5.91 Å². The summed E-state index contributed by atoms with van der Waals surface area (Å²) in [6.07, 6.45) is -2.77. The lowest BCUT2D eigenvalue weighted by atomic mass is 9.75. The number of alkyl halides is 3. The number of anilines is 1. The van der Waals surface area contributed by atoms with Crippen molar-refractivity contribution in [2.75, 3.05) is 44.4 Å². The van der Waals surface area contributed by atoms with E-state index in [1.807, 2.05) is 34.7 Å². The molecule has 40 heavy (non-hydrogen) atoms. The van der Waals surface area contributed by atoms with Crippen LogP contribution in [-0.2, 0) is 47.6 Å². The number of amides is 1. The second kappa shape index (κ2) is 10.3. The smallest absolute Gasteiger partial charge is 0.394 e. The Morgan fingerprint density at radius 3 is 2.70 bits per heavy atom. The van der Waals surface area contributed by atoms with Crippen LogP contribution in [0.3, 0.4) is 0 Å². The van der Waals surface area contributed by atoms with Gasteiger partial charge in [0.15, 0.2) is 0 Å². The van der Waals surface area contributed by atoms with Gasteiger partial charge in [-0.05, 0) is 41.0 Å². The van der Waals surface area contributed by atoms with Gasteiger partial charge in [0, 0.05) is 49.8 Å². The van der Waals surface area contributed by atoms with E-state index in [1.54, 1.807) is 18.5 Å². The van der Waals surface area contributed by atoms with E-state index >= 15 is 0 Å². The molecule has 0 unspecified atom stereocenters. The molecule has 2 saturated heterocycles. The summed E-state index contributed by atoms with van der Waals surface area (Å²) in [7, 11) is 1.87. The topological polar surface area (TPSA) is 93.0 Å². The summed E-state index contributed by atoms with van der Waals surface area (Å²) in [4.78, 5) is 17.0. The maximum absolute atomic E-state index is 14.2. The summed E-state index contributed by atoms with van der Waals surface area (Å²) in [6.45, 7) is 2.16. The van der Waals surface area contributed by atoms with E-state index in [0.717, 1.165) is 17.5 Å². The summed E-state index contributed by atoms with van der Waals surface area (Å²) >= 11 is 0. The summed E-state index contributed by atoms with van der Waals surface area (Å²) in [5.41, 5.74) is 0.794. The minimum atomic E-state index is -4.61. The van der Waals surface area contributed by atoms with Gasteiger partial charge in [-0.15, -0.1) is 10.2 Å². The van der Waals surface area contributed by atoms with Gasteiger partial charge in [-0.3, -0.25) is 9.69 Å². The van der Waals surface area contributed by atoms with Crippen LogP contribution in [0.15, 0.2) is 42.7 Å². The molecule has 3 aliphatic rings. The molecule has 3 aliphatic heterocycles. The molecule has 0 bridgehead atoms. The Morgan fingerprint density at radius 1 is 1.20 bits per heavy atom. The number of morpholine rings is 1. The van der Waals surface area contributed by atoms with Crippen LogP contribution < -0.4 is 4.90 Å². The molecule has 1 amide bonds. The molecule has 6 rings (SSSR count). The Hall–Kier alpha value is -3.32. The largest absolute Gasteiger partial charge is 0.416 e. The third kappa shape index (κ3) is 4.89. The molecule has 12 heteroatoms. The van der Waals surface area contributed by atoms with Crippen molar-refractivity contribution in [1.29, 1.82) is 0 Å². The number of hydrogen-bond acceptors (Lipinski definition) is 7. The zero-order chi connectivity index (χ0) is 28.1. The van der Waals surface area contributed by atoms with Gasteiger partial charge >= 0.3 is 6.18 Å². The Bertz CT molecular complexity index is 1420. The summed E-state index contributed by atoms with van der Waals surface area (Å²) in [6, 6.07) is 10.1. The standard InChI is InChI=1S/C28H30F3N5O4/c1-34-17-32-33-25(34)10-27(15-39-16-27)19-3-2-4-20(9-19)36-13-23-22(26(36)38)7-18(8-24(23)28(29,30)31)11-35-5-6-40-21(12-35)14-37/h2-4,7-9,17,21,37H,5-6,10-16H2,1H3/t21-/m0/s1. The monoisotopic (exact) mass is 557 g/mol. The zero-order valence-corrected chi connectivity index (χ0v) is 22.0. The number of carbonyl (C=O) groups excluding carboxylic acids is 1. The molecular weight excluding hydrogens is 527 g/mol. The fraction of sp³-hybridized carbons (Fsp3) is 0.464. The molecule has 1 N–H and O–H groups in total. The Morgan fingerprint density at radius 2 is 2.02 bits per heavy atom. The molecular formula is C28H30F3N5O4. The fourth-order valence-corrected chi connectivity index (χ4v) is 5.81. The highest BCUT2D eigenvalue weighted by molar-refractivity contribution is 6.10. The number of fused-ring (bicyclic) bond motifs is 1. The van der Waals surface area contributed by atoms with Crippen LogP contribution in [0, 0.1) is 0 Å². The van der Waals surface area contributed by atoms with Crippen LogP contribution in [0.5, 0.6) is 0 Å². The number of ether oxygens (including phenoxy) is 2. The molecule has 2 aromatic carbocycles. The molecule has 0 saturated carbocycles. The van der Waals surface area contributed by atoms with Crippen molar-refractivity contribution in [2.24, 2.45) is 7.05 Å². The van der Waals surface area contributed by atoms with E-state index in [4.69, 9.17) is 9.47 Å². The van der Waals surface area contributed by atoms with Gasteiger partial charge in [-0.25, -0.2) is 0 Å². The first-order chi connectivity index (χ1) is 19.2. The van der Waals surface area contributed by atoms with Crippen LogP contribution in [0.1, 0.15) is 38.4 Å². The Labute approximate surface area is 229 Å². The molecule has 1 aromatic heterocycles. The zero-order valence-electron chi connectivity index (χ0n) is 22.0. The number of rotatable bonds is 7. The van der Waals surface area contributed by atoms with Crippen molar-refractivity contribution in [3.63, 3.8) is 0 Å². The quantitative estimate of drug-likeness (QED) is 0.478. The van der Waals surface area contributed by atoms with Crippen LogP contribution in [0.25, 0.3) is 0 Å². The van der Waals surface area contributed by atoms with Gasteiger partial charge in [0.2, 0.25) is 0 Å². The van der Waals surface area contributed by atoms with Crippen molar-refractivity contribution in [1.82, 2.24) is 19.7 Å². The normalized spacial score (nSPS) is 21.0. The fourth-order valence-electron chi connectivity index (χ4n) is 5.81. The van der Waals surface area contributed by atoms with E-state index in [9.17, 15) is 23.1 Å². The van der Waals surface area contributed by atoms with Crippen LogP contribution in [-0.4, -0.2) is 76.3 Å². The van der Waals surface area contributed by atoms with Crippen molar-refractivity contribution in [2.45, 2.75) is 37.2 Å². The van der Waals surface area contributed by atoms with E-state index in [0.29, 0.717) is 50.6 Å². The van der Waals surface area contributed by atoms with Crippen molar-refractivity contribution in [3.8, 4) is 0 Å². The van der Waals surface area contributed by atoms with E-state index < -0.39 is 17.6 Å². The molecule has 9 nitrogen and oxygen atoms in total. The molecule has 0 spiro atoms. The highest BCUT2D eigenvalue weighted by atomic mass is 19.4. The van der Waals surface area contributed by atoms with Crippen molar-refractivity contribution in [3.05, 3.63) is 76.4 Å². The van der Waals surface area contributed by atoms with E-state index in [1.165, 1.54) is 4.90 Å². The van der Waals surface area contributed by atoms with Gasteiger partial charge in [-0.2, -0.15) is 13.2 Å². The molecule has 1 atom stereocenters. The minimum Gasteiger partial charge on any atom is -0.394 e. The number of halogens is 3. The highest BCUT2D eigenvalue weighted by Gasteiger charge is 2.43. The number of carbonyl (C=O) groups is 1. The number of hydrogen-bond donors (Lipinski definition) is 1. The third-order valence-corrected chi connectivity index (χ3v) is 8.07. The van der Waals surface area contributed by atoms with Gasteiger partial charge in [-0.1, -0.05) is 12.1 Å². The van der Waals surface area contributed by atoms with Crippen molar-refractivity contribution < 1.29 is 32.5 Å². The average Bonchev–Trinajstić information content (AvgIpc) is 3.47. The molecule has 3 aromatic rings.